The Kier molecular flexibility index (Phi) is 5.16. The van der Waals surface area contributed by atoms with Gasteiger partial charge in [-0.15, -0.1) is 0 Å². The molecule has 0 bridgehead atoms. The standard InChI is InChI=1S/C27H28N2O3/c1-18-6-11-21(12-7-18)27(5)17-26(3,4)28(24-15-8-19(2)16-23(24)27)25(30)20-9-13-22(14-10-20)29(31)32/h6-16H,17H2,1-5H3. The molecule has 0 spiro atoms. The second kappa shape index (κ2) is 7.59. The smallest absolute Gasteiger partial charge is 0.269 e. The third kappa shape index (κ3) is 3.58. The molecule has 0 fully saturated rings. The molecule has 0 aromatic heterocycles. The summed E-state index contributed by atoms with van der Waals surface area (Å²) in [5.41, 5.74) is 5.28. The topological polar surface area (TPSA) is 63.5 Å². The molecule has 3 aromatic rings. The van der Waals surface area contributed by atoms with E-state index in [4.69, 9.17) is 0 Å². The molecule has 32 heavy (non-hydrogen) atoms. The van der Waals surface area contributed by atoms with Crippen LogP contribution in [0.5, 0.6) is 0 Å². The fourth-order valence-electron chi connectivity index (χ4n) is 5.07. The number of benzene rings is 3. The molecule has 1 heterocycles. The lowest BCUT2D eigenvalue weighted by Crippen LogP contribution is -2.55. The number of hydrogen-bond acceptors (Lipinski definition) is 3. The SMILES string of the molecule is Cc1ccc(C2(C)CC(C)(C)N(C(=O)c3ccc([N+](=O)[O-])cc3)c3ccc(C)cc32)cc1. The van der Waals surface area contributed by atoms with Crippen LogP contribution in [0.3, 0.4) is 0 Å². The highest BCUT2D eigenvalue weighted by Crippen LogP contribution is 2.51. The van der Waals surface area contributed by atoms with Crippen molar-refractivity contribution >= 4 is 17.3 Å². The number of non-ortho nitro benzene ring substituents is 1. The maximum atomic E-state index is 13.7. The number of carbonyl (C=O) groups excluding carboxylic acids is 1. The summed E-state index contributed by atoms with van der Waals surface area (Å²) in [6.45, 7) is 10.6. The van der Waals surface area contributed by atoms with Crippen LogP contribution in [0.4, 0.5) is 11.4 Å². The van der Waals surface area contributed by atoms with Crippen molar-refractivity contribution in [2.75, 3.05) is 4.90 Å². The highest BCUT2D eigenvalue weighted by Gasteiger charge is 2.48. The zero-order valence-electron chi connectivity index (χ0n) is 19.2. The lowest BCUT2D eigenvalue weighted by atomic mass is 9.65. The van der Waals surface area contributed by atoms with E-state index in [2.05, 4.69) is 65.0 Å². The number of nitro benzene ring substituents is 1. The van der Waals surface area contributed by atoms with Crippen molar-refractivity contribution in [1.82, 2.24) is 0 Å². The molecule has 1 unspecified atom stereocenters. The number of nitrogens with zero attached hydrogens (tertiary/aromatic N) is 2. The van der Waals surface area contributed by atoms with Gasteiger partial charge < -0.3 is 4.90 Å². The number of fused-ring (bicyclic) bond motifs is 1. The Morgan fingerprint density at radius 1 is 0.906 bits per heavy atom. The Bertz CT molecular complexity index is 1200. The van der Waals surface area contributed by atoms with Crippen molar-refractivity contribution in [2.24, 2.45) is 0 Å². The molecule has 1 aliphatic heterocycles. The Morgan fingerprint density at radius 2 is 1.50 bits per heavy atom. The molecule has 164 valence electrons. The van der Waals surface area contributed by atoms with E-state index in [9.17, 15) is 14.9 Å². The van der Waals surface area contributed by atoms with Crippen LogP contribution in [0.15, 0.2) is 66.7 Å². The second-order valence-corrected chi connectivity index (χ2v) is 9.65. The second-order valence-electron chi connectivity index (χ2n) is 9.65. The third-order valence-corrected chi connectivity index (χ3v) is 6.60. The van der Waals surface area contributed by atoms with Crippen LogP contribution in [-0.4, -0.2) is 16.4 Å². The summed E-state index contributed by atoms with van der Waals surface area (Å²) >= 11 is 0. The van der Waals surface area contributed by atoms with Gasteiger partial charge in [0.15, 0.2) is 0 Å². The van der Waals surface area contributed by atoms with Crippen LogP contribution >= 0.6 is 0 Å². The van der Waals surface area contributed by atoms with Gasteiger partial charge in [0.2, 0.25) is 0 Å². The van der Waals surface area contributed by atoms with Gasteiger partial charge in [-0.25, -0.2) is 0 Å². The van der Waals surface area contributed by atoms with Crippen LogP contribution in [0, 0.1) is 24.0 Å². The fraction of sp³-hybridized carbons (Fsp3) is 0.296. The Labute approximate surface area is 188 Å². The minimum absolute atomic E-state index is 0.0255. The quantitative estimate of drug-likeness (QED) is 0.361. The lowest BCUT2D eigenvalue weighted by Gasteiger charge is -2.51. The summed E-state index contributed by atoms with van der Waals surface area (Å²) in [5, 5.41) is 11.0. The van der Waals surface area contributed by atoms with Crippen LogP contribution in [-0.2, 0) is 5.41 Å². The summed E-state index contributed by atoms with van der Waals surface area (Å²) in [6.07, 6.45) is 0.748. The lowest BCUT2D eigenvalue weighted by molar-refractivity contribution is -0.384. The van der Waals surface area contributed by atoms with Crippen molar-refractivity contribution in [2.45, 2.75) is 52.0 Å². The molecule has 4 rings (SSSR count). The van der Waals surface area contributed by atoms with E-state index in [1.54, 1.807) is 0 Å². The highest BCUT2D eigenvalue weighted by atomic mass is 16.6. The molecule has 0 N–H and O–H groups in total. The van der Waals surface area contributed by atoms with Crippen molar-refractivity contribution in [3.63, 3.8) is 0 Å². The fourth-order valence-corrected chi connectivity index (χ4v) is 5.07. The Hall–Kier alpha value is -3.47. The summed E-state index contributed by atoms with van der Waals surface area (Å²) in [5.74, 6) is -0.152. The number of carbonyl (C=O) groups is 1. The van der Waals surface area contributed by atoms with Crippen molar-refractivity contribution in [1.29, 1.82) is 0 Å². The first-order valence-corrected chi connectivity index (χ1v) is 10.8. The number of hydrogen-bond donors (Lipinski definition) is 0. The van der Waals surface area contributed by atoms with Crippen molar-refractivity contribution < 1.29 is 9.72 Å². The van der Waals surface area contributed by atoms with Crippen LogP contribution in [0.1, 0.15) is 59.8 Å². The van der Waals surface area contributed by atoms with E-state index >= 15 is 0 Å². The molecule has 1 aliphatic rings. The molecule has 1 atom stereocenters. The molecule has 0 aliphatic carbocycles. The molecule has 1 amide bonds. The molecule has 0 saturated carbocycles. The van der Waals surface area contributed by atoms with Gasteiger partial charge in [-0.2, -0.15) is 0 Å². The summed E-state index contributed by atoms with van der Waals surface area (Å²) in [7, 11) is 0. The average molecular weight is 429 g/mol. The largest absolute Gasteiger partial charge is 0.302 e. The van der Waals surface area contributed by atoms with Gasteiger partial charge in [-0.3, -0.25) is 14.9 Å². The van der Waals surface area contributed by atoms with Crippen molar-refractivity contribution in [3.8, 4) is 0 Å². The number of rotatable bonds is 3. The first-order chi connectivity index (χ1) is 15.0. The molecular weight excluding hydrogens is 400 g/mol. The minimum atomic E-state index is -0.471. The van der Waals surface area contributed by atoms with Gasteiger partial charge in [-0.1, -0.05) is 54.4 Å². The predicted octanol–water partition coefficient (Wildman–Crippen LogP) is 6.35. The van der Waals surface area contributed by atoms with E-state index < -0.39 is 10.5 Å². The van der Waals surface area contributed by atoms with E-state index in [1.165, 1.54) is 35.4 Å². The monoisotopic (exact) mass is 428 g/mol. The molecule has 5 nitrogen and oxygen atoms in total. The van der Waals surface area contributed by atoms with Crippen LogP contribution in [0.2, 0.25) is 0 Å². The van der Waals surface area contributed by atoms with Gasteiger partial charge in [0.1, 0.15) is 0 Å². The Morgan fingerprint density at radius 3 is 2.09 bits per heavy atom. The predicted molar refractivity (Wildman–Crippen MR) is 127 cm³/mol. The van der Waals surface area contributed by atoms with E-state index in [0.717, 1.165) is 23.2 Å². The van der Waals surface area contributed by atoms with Crippen LogP contribution in [0.25, 0.3) is 0 Å². The average Bonchev–Trinajstić information content (AvgIpc) is 2.74. The van der Waals surface area contributed by atoms with Crippen LogP contribution < -0.4 is 4.90 Å². The van der Waals surface area contributed by atoms with Gasteiger partial charge in [0.05, 0.1) is 4.92 Å². The number of nitro groups is 1. The van der Waals surface area contributed by atoms with Gasteiger partial charge in [0.25, 0.3) is 11.6 Å². The zero-order chi connectivity index (χ0) is 23.3. The molecule has 0 radical (unpaired) electrons. The maximum Gasteiger partial charge on any atom is 0.269 e. The van der Waals surface area contributed by atoms with Gasteiger partial charge in [-0.05, 0) is 63.4 Å². The van der Waals surface area contributed by atoms with Crippen molar-refractivity contribution in [3.05, 3.63) is 105 Å². The minimum Gasteiger partial charge on any atom is -0.302 e. The third-order valence-electron chi connectivity index (χ3n) is 6.60. The summed E-state index contributed by atoms with van der Waals surface area (Å²) < 4.78 is 0. The van der Waals surface area contributed by atoms with E-state index in [1.807, 2.05) is 17.0 Å². The molecule has 0 saturated heterocycles. The van der Waals surface area contributed by atoms with Gasteiger partial charge in [0, 0.05) is 34.3 Å². The van der Waals surface area contributed by atoms with E-state index in [0.29, 0.717) is 5.56 Å². The van der Waals surface area contributed by atoms with Gasteiger partial charge >= 0.3 is 0 Å². The number of amides is 1. The Balaban J connectivity index is 1.86. The molecule has 5 heteroatoms. The van der Waals surface area contributed by atoms with E-state index in [-0.39, 0.29) is 17.0 Å². The summed E-state index contributed by atoms with van der Waals surface area (Å²) in [6, 6.07) is 20.7. The normalized spacial score (nSPS) is 19.3. The maximum absolute atomic E-state index is 13.7. The number of anilines is 1. The molecular formula is C27H28N2O3. The zero-order valence-corrected chi connectivity index (χ0v) is 19.2. The highest BCUT2D eigenvalue weighted by molar-refractivity contribution is 6.08. The first kappa shape index (κ1) is 21.8. The first-order valence-electron chi connectivity index (χ1n) is 10.8. The molecule has 3 aromatic carbocycles. The summed E-state index contributed by atoms with van der Waals surface area (Å²) in [4.78, 5) is 26.1. The number of aryl methyl sites for hydroxylation is 2.